The molecule has 5 nitrogen and oxygen atoms in total. The zero-order valence-corrected chi connectivity index (χ0v) is 15.0. The van der Waals surface area contributed by atoms with Crippen molar-refractivity contribution in [2.24, 2.45) is 0 Å². The lowest BCUT2D eigenvalue weighted by Crippen LogP contribution is -2.54. The van der Waals surface area contributed by atoms with Crippen LogP contribution in [-0.4, -0.2) is 68.3 Å². The van der Waals surface area contributed by atoms with Crippen molar-refractivity contribution in [3.63, 3.8) is 0 Å². The van der Waals surface area contributed by atoms with Gasteiger partial charge in [-0.3, -0.25) is 14.6 Å². The predicted molar refractivity (Wildman–Crippen MR) is 96.5 cm³/mol. The number of rotatable bonds is 4. The summed E-state index contributed by atoms with van der Waals surface area (Å²) in [6, 6.07) is 7.97. The van der Waals surface area contributed by atoms with Gasteiger partial charge in [-0.15, -0.1) is 0 Å². The molecule has 2 fully saturated rings. The molecule has 1 aromatic carbocycles. The number of hydrogen-bond acceptors (Lipinski definition) is 5. The molecule has 132 valence electrons. The molecule has 2 saturated heterocycles. The average molecular weight is 352 g/mol. The summed E-state index contributed by atoms with van der Waals surface area (Å²) >= 11 is 5.96. The molecule has 0 bridgehead atoms. The van der Waals surface area contributed by atoms with Crippen molar-refractivity contribution in [2.45, 2.75) is 25.3 Å². The number of carbonyl (C=O) groups is 1. The molecule has 2 aliphatic rings. The van der Waals surface area contributed by atoms with Gasteiger partial charge in [-0.2, -0.15) is 0 Å². The summed E-state index contributed by atoms with van der Waals surface area (Å²) in [5.74, 6) is -0.0884. The quantitative estimate of drug-likeness (QED) is 0.779. The van der Waals surface area contributed by atoms with Crippen LogP contribution in [0.5, 0.6) is 0 Å². The lowest BCUT2D eigenvalue weighted by atomic mass is 10.0. The third kappa shape index (κ3) is 4.21. The van der Waals surface area contributed by atoms with E-state index in [2.05, 4.69) is 26.8 Å². The van der Waals surface area contributed by atoms with Gasteiger partial charge in [0.25, 0.3) is 0 Å². The van der Waals surface area contributed by atoms with Gasteiger partial charge in [0, 0.05) is 43.4 Å². The Kier molecular flexibility index (Phi) is 5.98. The standard InChI is InChI=1S/C18H26ClN3O2/c1-24-18(23)17-4-2-3-9-22(17)14-20-10-12-21(13-11-20)16-7-5-15(19)6-8-16/h5-8,17H,2-4,9-14H2,1H3. The Labute approximate surface area is 149 Å². The van der Waals surface area contributed by atoms with Gasteiger partial charge in [0.05, 0.1) is 13.8 Å². The molecule has 0 aliphatic carbocycles. The van der Waals surface area contributed by atoms with Crippen molar-refractivity contribution in [2.75, 3.05) is 51.4 Å². The fourth-order valence-corrected chi connectivity index (χ4v) is 3.75. The number of ether oxygens (including phenoxy) is 1. The number of piperidine rings is 1. The number of benzene rings is 1. The molecule has 0 saturated carbocycles. The summed E-state index contributed by atoms with van der Waals surface area (Å²) in [6.07, 6.45) is 3.19. The molecule has 0 amide bonds. The maximum absolute atomic E-state index is 12.0. The Bertz CT molecular complexity index is 544. The van der Waals surface area contributed by atoms with Crippen LogP contribution < -0.4 is 4.90 Å². The van der Waals surface area contributed by atoms with Gasteiger partial charge in [0.1, 0.15) is 6.04 Å². The minimum absolute atomic E-state index is 0.0713. The minimum atomic E-state index is -0.0884. The molecule has 2 aliphatic heterocycles. The first-order valence-corrected chi connectivity index (χ1v) is 9.10. The van der Waals surface area contributed by atoms with Crippen molar-refractivity contribution >= 4 is 23.3 Å². The number of likely N-dealkylation sites (tertiary alicyclic amines) is 1. The number of methoxy groups -OCH3 is 1. The van der Waals surface area contributed by atoms with Gasteiger partial charge in [0.2, 0.25) is 0 Å². The monoisotopic (exact) mass is 351 g/mol. The molecule has 1 unspecified atom stereocenters. The molecule has 3 rings (SSSR count). The Morgan fingerprint density at radius 2 is 1.83 bits per heavy atom. The molecule has 0 spiro atoms. The van der Waals surface area contributed by atoms with Gasteiger partial charge < -0.3 is 9.64 Å². The van der Waals surface area contributed by atoms with Crippen LogP contribution in [0.4, 0.5) is 5.69 Å². The van der Waals surface area contributed by atoms with E-state index < -0.39 is 0 Å². The molecule has 2 heterocycles. The highest BCUT2D eigenvalue weighted by Crippen LogP contribution is 2.21. The molecule has 24 heavy (non-hydrogen) atoms. The van der Waals surface area contributed by atoms with E-state index in [0.29, 0.717) is 0 Å². The highest BCUT2D eigenvalue weighted by molar-refractivity contribution is 6.30. The van der Waals surface area contributed by atoms with E-state index in [1.54, 1.807) is 0 Å². The number of nitrogens with zero attached hydrogens (tertiary/aromatic N) is 3. The Morgan fingerprint density at radius 3 is 2.50 bits per heavy atom. The molecule has 1 aromatic rings. The Hall–Kier alpha value is -1.30. The fourth-order valence-electron chi connectivity index (χ4n) is 3.62. The largest absolute Gasteiger partial charge is 0.468 e. The van der Waals surface area contributed by atoms with Gasteiger partial charge >= 0.3 is 5.97 Å². The number of esters is 1. The number of halogens is 1. The SMILES string of the molecule is COC(=O)C1CCCCN1CN1CCN(c2ccc(Cl)cc2)CC1. The number of hydrogen-bond donors (Lipinski definition) is 0. The van der Waals surface area contributed by atoms with E-state index in [1.807, 2.05) is 12.1 Å². The summed E-state index contributed by atoms with van der Waals surface area (Å²) in [7, 11) is 1.49. The predicted octanol–water partition coefficient (Wildman–Crippen LogP) is 2.45. The first-order valence-electron chi connectivity index (χ1n) is 8.72. The number of piperazine rings is 1. The van der Waals surface area contributed by atoms with Crippen LogP contribution in [0.1, 0.15) is 19.3 Å². The van der Waals surface area contributed by atoms with Gasteiger partial charge in [-0.25, -0.2) is 0 Å². The second-order valence-electron chi connectivity index (χ2n) is 6.57. The summed E-state index contributed by atoms with van der Waals surface area (Å²) in [6.45, 7) is 5.85. The molecule has 6 heteroatoms. The molecular formula is C18H26ClN3O2. The maximum atomic E-state index is 12.0. The van der Waals surface area contributed by atoms with Gasteiger partial charge in [-0.1, -0.05) is 18.0 Å². The second kappa shape index (κ2) is 8.19. The summed E-state index contributed by atoms with van der Waals surface area (Å²) in [4.78, 5) is 19.1. The molecule has 1 atom stereocenters. The van der Waals surface area contributed by atoms with Crippen molar-refractivity contribution in [1.29, 1.82) is 0 Å². The van der Waals surface area contributed by atoms with Crippen LogP contribution >= 0.6 is 11.6 Å². The van der Waals surface area contributed by atoms with E-state index in [0.717, 1.165) is 63.7 Å². The smallest absolute Gasteiger partial charge is 0.323 e. The third-order valence-electron chi connectivity index (χ3n) is 5.03. The van der Waals surface area contributed by atoms with Gasteiger partial charge in [-0.05, 0) is 37.1 Å². The summed E-state index contributed by atoms with van der Waals surface area (Å²) < 4.78 is 4.98. The van der Waals surface area contributed by atoms with E-state index >= 15 is 0 Å². The highest BCUT2D eigenvalue weighted by atomic mass is 35.5. The minimum Gasteiger partial charge on any atom is -0.468 e. The topological polar surface area (TPSA) is 36.0 Å². The van der Waals surface area contributed by atoms with Crippen molar-refractivity contribution in [3.05, 3.63) is 29.3 Å². The van der Waals surface area contributed by atoms with Crippen molar-refractivity contribution in [1.82, 2.24) is 9.80 Å². The first kappa shape index (κ1) is 17.5. The van der Waals surface area contributed by atoms with Crippen LogP contribution in [0.15, 0.2) is 24.3 Å². The van der Waals surface area contributed by atoms with E-state index in [9.17, 15) is 4.79 Å². The van der Waals surface area contributed by atoms with E-state index in [-0.39, 0.29) is 12.0 Å². The fraction of sp³-hybridized carbons (Fsp3) is 0.611. The lowest BCUT2D eigenvalue weighted by Gasteiger charge is -2.41. The zero-order chi connectivity index (χ0) is 16.9. The second-order valence-corrected chi connectivity index (χ2v) is 7.01. The van der Waals surface area contributed by atoms with Crippen molar-refractivity contribution in [3.8, 4) is 0 Å². The van der Waals surface area contributed by atoms with Crippen LogP contribution in [0.3, 0.4) is 0 Å². The Morgan fingerprint density at radius 1 is 1.12 bits per heavy atom. The summed E-state index contributed by atoms with van der Waals surface area (Å²) in [5, 5.41) is 0.774. The first-order chi connectivity index (χ1) is 11.7. The van der Waals surface area contributed by atoms with E-state index in [4.69, 9.17) is 16.3 Å². The highest BCUT2D eigenvalue weighted by Gasteiger charge is 2.31. The molecule has 0 radical (unpaired) electrons. The van der Waals surface area contributed by atoms with E-state index in [1.165, 1.54) is 12.8 Å². The molecule has 0 N–H and O–H groups in total. The third-order valence-corrected chi connectivity index (χ3v) is 5.28. The number of carbonyl (C=O) groups excluding carboxylic acids is 1. The van der Waals surface area contributed by atoms with Crippen LogP contribution in [0.25, 0.3) is 0 Å². The molecular weight excluding hydrogens is 326 g/mol. The van der Waals surface area contributed by atoms with Crippen LogP contribution in [-0.2, 0) is 9.53 Å². The van der Waals surface area contributed by atoms with Crippen molar-refractivity contribution < 1.29 is 9.53 Å². The van der Waals surface area contributed by atoms with Crippen LogP contribution in [0, 0.1) is 0 Å². The van der Waals surface area contributed by atoms with Crippen LogP contribution in [0.2, 0.25) is 5.02 Å². The lowest BCUT2D eigenvalue weighted by molar-refractivity contribution is -0.149. The molecule has 0 aromatic heterocycles. The van der Waals surface area contributed by atoms with Gasteiger partial charge in [0.15, 0.2) is 0 Å². The average Bonchev–Trinajstić information content (AvgIpc) is 2.63. The maximum Gasteiger partial charge on any atom is 0.323 e. The zero-order valence-electron chi connectivity index (χ0n) is 14.3. The summed E-state index contributed by atoms with van der Waals surface area (Å²) in [5.41, 5.74) is 1.23. The Balaban J connectivity index is 1.52. The number of anilines is 1. The normalized spacial score (nSPS) is 23.2.